The Morgan fingerprint density at radius 3 is 1.41 bits per heavy atom. The highest BCUT2D eigenvalue weighted by molar-refractivity contribution is 5.66. The molecule has 4 aromatic rings. The number of halogens is 8. The van der Waals surface area contributed by atoms with Crippen LogP contribution < -0.4 is 4.74 Å². The predicted octanol–water partition coefficient (Wildman–Crippen LogP) is 11.5. The second-order valence-electron chi connectivity index (χ2n) is 12.4. The number of rotatable bonds is 6. The molecule has 0 saturated carbocycles. The van der Waals surface area contributed by atoms with Crippen LogP contribution >= 0.6 is 0 Å². The zero-order chi connectivity index (χ0) is 48.9. The first kappa shape index (κ1) is 52.9. The Morgan fingerprint density at radius 2 is 1.03 bits per heavy atom. The van der Waals surface area contributed by atoms with Gasteiger partial charge in [0.15, 0.2) is 23.3 Å². The van der Waals surface area contributed by atoms with Crippen molar-refractivity contribution in [2.24, 2.45) is 0 Å². The highest BCUT2D eigenvalue weighted by Gasteiger charge is 2.30. The maximum atomic E-state index is 13.0. The largest absolute Gasteiger partial charge is 0.496 e. The topological polar surface area (TPSA) is 219 Å². The molecule has 0 bridgehead atoms. The van der Waals surface area contributed by atoms with Gasteiger partial charge in [-0.15, -0.1) is 0 Å². The lowest BCUT2D eigenvalue weighted by atomic mass is 10.0. The maximum absolute atomic E-state index is 13.0. The molecule has 0 fully saturated rings. The van der Waals surface area contributed by atoms with Crippen molar-refractivity contribution >= 4 is 30.0 Å². The Morgan fingerprint density at radius 1 is 0.594 bits per heavy atom. The van der Waals surface area contributed by atoms with Crippen molar-refractivity contribution < 1.29 is 44.8 Å². The van der Waals surface area contributed by atoms with Gasteiger partial charge >= 0.3 is 6.18 Å². The number of methoxy groups -OCH3 is 1. The van der Waals surface area contributed by atoms with Crippen LogP contribution in [0, 0.1) is 139 Å². The summed E-state index contributed by atoms with van der Waals surface area (Å²) in [7, 11) is 1.60. The number of nitriles is 7. The highest BCUT2D eigenvalue weighted by Crippen LogP contribution is 2.31. The quantitative estimate of drug-likeness (QED) is 0.0445. The van der Waals surface area contributed by atoms with Gasteiger partial charge in [-0.2, -0.15) is 50.0 Å². The van der Waals surface area contributed by atoms with Crippen molar-refractivity contribution in [2.45, 2.75) is 33.9 Å². The van der Waals surface area contributed by atoms with Crippen LogP contribution in [0.4, 0.5) is 40.8 Å². The third kappa shape index (κ3) is 15.5. The molecule has 0 N–H and O–H groups in total. The van der Waals surface area contributed by atoms with Gasteiger partial charge in [-0.1, -0.05) is 12.1 Å². The van der Waals surface area contributed by atoms with Crippen molar-refractivity contribution in [3.8, 4) is 48.2 Å². The molecule has 11 nitrogen and oxygen atoms in total. The molecule has 0 atom stereocenters. The smallest absolute Gasteiger partial charge is 0.416 e. The maximum Gasteiger partial charge on any atom is 0.416 e. The summed E-state index contributed by atoms with van der Waals surface area (Å²) < 4.78 is 106. The average Bonchev–Trinajstić information content (AvgIpc) is 3.27. The molecule has 64 heavy (non-hydrogen) atoms. The molecule has 322 valence electrons. The lowest BCUT2D eigenvalue weighted by Gasteiger charge is -2.08. The van der Waals surface area contributed by atoms with Gasteiger partial charge in [-0.05, 0) is 116 Å². The molecule has 0 aliphatic rings. The van der Waals surface area contributed by atoms with E-state index in [9.17, 15) is 45.2 Å². The predicted molar refractivity (Wildman–Crippen MR) is 215 cm³/mol. The first-order chi connectivity index (χ1) is 30.1. The van der Waals surface area contributed by atoms with Crippen LogP contribution in [0.3, 0.4) is 0 Å². The molecule has 0 heterocycles. The van der Waals surface area contributed by atoms with E-state index in [0.717, 1.165) is 29.0 Å². The van der Waals surface area contributed by atoms with Gasteiger partial charge in [-0.3, -0.25) is 10.1 Å². The molecule has 19 heteroatoms. The number of allylic oxidation sites excluding steroid dienone is 4. The van der Waals surface area contributed by atoms with Crippen LogP contribution in [0.2, 0.25) is 0 Å². The Balaban J connectivity index is 0.000000427. The number of hydrogen-bond acceptors (Lipinski definition) is 10. The summed E-state index contributed by atoms with van der Waals surface area (Å²) in [5.41, 5.74) is 1.74. The van der Waals surface area contributed by atoms with Crippen molar-refractivity contribution in [3.05, 3.63) is 161 Å². The molecule has 0 aliphatic carbocycles. The lowest BCUT2D eigenvalue weighted by Crippen LogP contribution is -2.05. The number of alkyl halides is 3. The van der Waals surface area contributed by atoms with Crippen LogP contribution in [0.5, 0.6) is 5.75 Å². The lowest BCUT2D eigenvalue weighted by molar-refractivity contribution is -0.384. The standard InChI is InChI=1S/C12H7F3N2.C12H10N2O.C11H7N3O2.C10H4F5N/c1-8-4-11(12(13,14)15)3-2-10(8)5-9(6-16)7-17;1-9-5-10(3-4-12(9)15-2)6-11(7-13)8-14;1-8-4-11(14(15)16)3-2-10(8)5-9(6-12)7-13;1-4(3-16)2-5-6(11)8(13)10(15)9(14)7(5)12/h2-5H,1H3;3-6H,1-2H3;2-5H,1H3;2H,1H3/b;;;4-2+. The Kier molecular flexibility index (Phi) is 20.6. The van der Waals surface area contributed by atoms with Crippen LogP contribution in [-0.2, 0) is 6.18 Å². The third-order valence-corrected chi connectivity index (χ3v) is 7.89. The van der Waals surface area contributed by atoms with Gasteiger partial charge in [0, 0.05) is 17.7 Å². The molecular weight excluding hydrogens is 853 g/mol. The SMILES string of the molecule is C/C(C#N)=C\c1c(F)c(F)c(F)c(F)c1F.COc1ccc(C=C(C#N)C#N)cc1C.Cc1cc(C(F)(F)F)ccc1C=C(C#N)C#N.Cc1cc([N+](=O)[O-])ccc1C=C(C#N)C#N. The van der Waals surface area contributed by atoms with Gasteiger partial charge in [0.05, 0.1) is 29.2 Å². The van der Waals surface area contributed by atoms with Crippen molar-refractivity contribution in [2.75, 3.05) is 7.11 Å². The number of aryl methyl sites for hydroxylation is 3. The Labute approximate surface area is 360 Å². The van der Waals surface area contributed by atoms with Gasteiger partial charge < -0.3 is 4.74 Å². The minimum absolute atomic E-state index is 0.00915. The van der Waals surface area contributed by atoms with Crippen molar-refractivity contribution in [3.63, 3.8) is 0 Å². The van der Waals surface area contributed by atoms with E-state index in [4.69, 9.17) is 41.6 Å². The molecule has 0 saturated heterocycles. The number of nitrogens with zero attached hydrogens (tertiary/aromatic N) is 8. The zero-order valence-corrected chi connectivity index (χ0v) is 33.8. The van der Waals surface area contributed by atoms with Gasteiger partial charge in [0.1, 0.15) is 58.9 Å². The molecule has 4 aromatic carbocycles. The van der Waals surface area contributed by atoms with Crippen LogP contribution in [-0.4, -0.2) is 12.0 Å². The summed E-state index contributed by atoms with van der Waals surface area (Å²) in [5.74, 6) is -9.40. The molecule has 4 rings (SSSR count). The first-order valence-corrected chi connectivity index (χ1v) is 17.3. The fourth-order valence-corrected chi connectivity index (χ4v) is 4.68. The van der Waals surface area contributed by atoms with Crippen molar-refractivity contribution in [1.29, 1.82) is 36.8 Å². The fourth-order valence-electron chi connectivity index (χ4n) is 4.68. The second-order valence-corrected chi connectivity index (χ2v) is 12.4. The second kappa shape index (κ2) is 24.9. The van der Waals surface area contributed by atoms with Crippen LogP contribution in [0.15, 0.2) is 76.9 Å². The normalized spacial score (nSPS) is 9.75. The molecule has 0 unspecified atom stereocenters. The van der Waals surface area contributed by atoms with Crippen molar-refractivity contribution in [1.82, 2.24) is 0 Å². The number of non-ortho nitro benzene ring substituents is 1. The molecule has 0 aromatic heterocycles. The van der Waals surface area contributed by atoms with E-state index in [1.165, 1.54) is 56.3 Å². The molecule has 0 radical (unpaired) electrons. The molecular formula is C45H28F8N8O3. The monoisotopic (exact) mass is 880 g/mol. The number of ether oxygens (including phenoxy) is 1. The molecule has 0 amide bonds. The van der Waals surface area contributed by atoms with Gasteiger partial charge in [-0.25, -0.2) is 22.0 Å². The van der Waals surface area contributed by atoms with E-state index in [1.54, 1.807) is 50.5 Å². The fraction of sp³-hybridized carbons (Fsp3) is 0.133. The van der Waals surface area contributed by atoms with E-state index in [2.05, 4.69) is 0 Å². The summed E-state index contributed by atoms with van der Waals surface area (Å²) in [4.78, 5) is 9.99. The van der Waals surface area contributed by atoms with Gasteiger partial charge in [0.25, 0.3) is 5.69 Å². The van der Waals surface area contributed by atoms with E-state index in [0.29, 0.717) is 28.3 Å². The number of hydrogen-bond donors (Lipinski definition) is 0. The summed E-state index contributed by atoms with van der Waals surface area (Å²) in [5, 5.41) is 70.2. The number of nitro benzene ring substituents is 1. The van der Waals surface area contributed by atoms with Gasteiger partial charge in [0.2, 0.25) is 5.82 Å². The number of benzene rings is 4. The van der Waals surface area contributed by atoms with E-state index in [-0.39, 0.29) is 28.0 Å². The van der Waals surface area contributed by atoms with E-state index < -0.39 is 51.3 Å². The first-order valence-electron chi connectivity index (χ1n) is 17.3. The summed E-state index contributed by atoms with van der Waals surface area (Å²) >= 11 is 0. The molecule has 0 aliphatic heterocycles. The summed E-state index contributed by atoms with van der Waals surface area (Å²) in [6, 6.07) is 24.8. The van der Waals surface area contributed by atoms with Crippen LogP contribution in [0.25, 0.3) is 24.3 Å². The van der Waals surface area contributed by atoms with E-state index >= 15 is 0 Å². The minimum atomic E-state index is -4.39. The zero-order valence-electron chi connectivity index (χ0n) is 33.8. The van der Waals surface area contributed by atoms with E-state index in [1.807, 2.05) is 31.2 Å². The third-order valence-electron chi connectivity index (χ3n) is 7.89. The van der Waals surface area contributed by atoms with Crippen LogP contribution in [0.1, 0.15) is 51.4 Å². The minimum Gasteiger partial charge on any atom is -0.496 e. The Hall–Kier alpha value is -9.09. The summed E-state index contributed by atoms with van der Waals surface area (Å²) in [6.45, 7) is 6.27. The average molecular weight is 881 g/mol. The Bertz CT molecular complexity index is 2790. The number of nitro groups is 1. The molecule has 0 spiro atoms. The summed E-state index contributed by atoms with van der Waals surface area (Å²) in [6.07, 6.45) is 0.414. The highest BCUT2D eigenvalue weighted by atomic mass is 19.4.